The van der Waals surface area contributed by atoms with E-state index in [9.17, 15) is 14.7 Å². The minimum atomic E-state index is -0.627. The molecule has 0 bridgehead atoms. The quantitative estimate of drug-likeness (QED) is 0.527. The maximum Gasteiger partial charge on any atom is 0.291 e. The van der Waals surface area contributed by atoms with Crippen LogP contribution in [0.5, 0.6) is 11.5 Å². The van der Waals surface area contributed by atoms with Gasteiger partial charge in [0.15, 0.2) is 0 Å². The molecule has 1 atom stereocenters. The van der Waals surface area contributed by atoms with E-state index >= 15 is 0 Å². The summed E-state index contributed by atoms with van der Waals surface area (Å²) in [5.74, 6) is 1.04. The molecule has 2 aromatic carbocycles. The second kappa shape index (κ2) is 7.96. The van der Waals surface area contributed by atoms with Crippen molar-refractivity contribution in [3.63, 3.8) is 0 Å². The summed E-state index contributed by atoms with van der Waals surface area (Å²) < 4.78 is 12.6. The Balaban J connectivity index is 1.64. The number of hydrogen-bond donors (Lipinski definition) is 2. The van der Waals surface area contributed by atoms with Crippen molar-refractivity contribution in [1.82, 2.24) is 5.32 Å². The molecule has 31 heavy (non-hydrogen) atoms. The predicted molar refractivity (Wildman–Crippen MR) is 120 cm³/mol. The van der Waals surface area contributed by atoms with Crippen LogP contribution in [0, 0.1) is 20.8 Å². The normalized spacial score (nSPS) is 21.9. The summed E-state index contributed by atoms with van der Waals surface area (Å²) in [7, 11) is 0. The Morgan fingerprint density at radius 3 is 2.52 bits per heavy atom. The van der Waals surface area contributed by atoms with Crippen molar-refractivity contribution < 1.29 is 24.2 Å². The molecule has 2 amide bonds. The fraction of sp³-hybridized carbons (Fsp3) is 0.333. The van der Waals surface area contributed by atoms with Crippen LogP contribution in [-0.4, -0.2) is 28.5 Å². The molecule has 0 radical (unpaired) electrons. The third-order valence-electron chi connectivity index (χ3n) is 5.97. The van der Waals surface area contributed by atoms with Crippen LogP contribution in [0.15, 0.2) is 35.2 Å². The number of hydrogen-bond acceptors (Lipinski definition) is 6. The molecule has 2 aliphatic heterocycles. The van der Waals surface area contributed by atoms with Gasteiger partial charge in [-0.25, -0.2) is 0 Å². The van der Waals surface area contributed by atoms with Crippen molar-refractivity contribution in [2.75, 3.05) is 6.61 Å². The summed E-state index contributed by atoms with van der Waals surface area (Å²) in [6.45, 7) is 7.93. The first-order chi connectivity index (χ1) is 14.7. The third-order valence-corrected chi connectivity index (χ3v) is 6.84. The van der Waals surface area contributed by atoms with Gasteiger partial charge in [-0.3, -0.25) is 14.9 Å². The van der Waals surface area contributed by atoms with E-state index in [2.05, 4.69) is 5.32 Å². The lowest BCUT2D eigenvalue weighted by atomic mass is 9.87. The van der Waals surface area contributed by atoms with Gasteiger partial charge in [-0.15, -0.1) is 0 Å². The van der Waals surface area contributed by atoms with Crippen molar-refractivity contribution in [2.45, 2.75) is 46.1 Å². The average Bonchev–Trinajstić information content (AvgIpc) is 3.09. The van der Waals surface area contributed by atoms with Gasteiger partial charge in [0.1, 0.15) is 34.4 Å². The maximum atomic E-state index is 12.3. The first-order valence-corrected chi connectivity index (χ1v) is 11.0. The second-order valence-corrected chi connectivity index (χ2v) is 9.22. The van der Waals surface area contributed by atoms with Crippen LogP contribution in [0.4, 0.5) is 4.79 Å². The highest BCUT2D eigenvalue weighted by molar-refractivity contribution is 8.18. The van der Waals surface area contributed by atoms with Gasteiger partial charge in [-0.2, -0.15) is 0 Å². The molecule has 2 aliphatic rings. The molecule has 7 heteroatoms. The van der Waals surface area contributed by atoms with Crippen LogP contribution in [0.1, 0.15) is 41.2 Å². The van der Waals surface area contributed by atoms with E-state index < -0.39 is 16.7 Å². The summed E-state index contributed by atoms with van der Waals surface area (Å²) in [5.41, 5.74) is 3.70. The fourth-order valence-corrected chi connectivity index (χ4v) is 4.70. The number of amides is 2. The van der Waals surface area contributed by atoms with E-state index in [4.69, 9.17) is 9.47 Å². The van der Waals surface area contributed by atoms with Crippen LogP contribution in [0.2, 0.25) is 0 Å². The molecule has 2 N–H and O–H groups in total. The Morgan fingerprint density at radius 2 is 1.87 bits per heavy atom. The molecule has 6 nitrogen and oxygen atoms in total. The second-order valence-electron chi connectivity index (χ2n) is 8.24. The summed E-state index contributed by atoms with van der Waals surface area (Å²) >= 11 is 0.845. The molecule has 162 valence electrons. The first-order valence-electron chi connectivity index (χ1n) is 10.2. The lowest BCUT2D eigenvalue weighted by molar-refractivity contribution is -0.115. The number of benzene rings is 2. The molecule has 2 heterocycles. The summed E-state index contributed by atoms with van der Waals surface area (Å²) in [5, 5.41) is 12.3. The van der Waals surface area contributed by atoms with Gasteiger partial charge in [-0.1, -0.05) is 30.3 Å². The van der Waals surface area contributed by atoms with Gasteiger partial charge in [0.2, 0.25) is 0 Å². The van der Waals surface area contributed by atoms with Crippen molar-refractivity contribution in [3.8, 4) is 11.5 Å². The predicted octanol–water partition coefficient (Wildman–Crippen LogP) is 4.77. The number of ether oxygens (including phenoxy) is 2. The van der Waals surface area contributed by atoms with Crippen LogP contribution >= 0.6 is 11.8 Å². The van der Waals surface area contributed by atoms with E-state index in [1.165, 1.54) is 0 Å². The zero-order chi connectivity index (χ0) is 22.3. The number of fused-ring (bicyclic) bond motifs is 1. The van der Waals surface area contributed by atoms with E-state index in [1.807, 2.05) is 58.0 Å². The summed E-state index contributed by atoms with van der Waals surface area (Å²) in [4.78, 5) is 24.3. The Kier molecular flexibility index (Phi) is 5.47. The Hall–Kier alpha value is -2.93. The van der Waals surface area contributed by atoms with E-state index in [0.29, 0.717) is 17.9 Å². The molecule has 0 spiro atoms. The number of carbonyl (C=O) groups excluding carboxylic acids is 2. The Bertz CT molecular complexity index is 1110. The van der Waals surface area contributed by atoms with Gasteiger partial charge in [-0.05, 0) is 69.0 Å². The molecule has 1 fully saturated rings. The smallest absolute Gasteiger partial charge is 0.291 e. The van der Waals surface area contributed by atoms with Crippen LogP contribution in [-0.2, 0) is 16.0 Å². The van der Waals surface area contributed by atoms with Crippen LogP contribution < -0.4 is 10.1 Å². The van der Waals surface area contributed by atoms with Crippen molar-refractivity contribution >= 4 is 28.7 Å². The number of imide groups is 1. The lowest BCUT2D eigenvalue weighted by Gasteiger charge is -2.38. The molecular formula is C24H25NO5S. The van der Waals surface area contributed by atoms with Crippen molar-refractivity contribution in [3.05, 3.63) is 63.1 Å². The molecule has 1 unspecified atom stereocenters. The molecule has 1 saturated heterocycles. The van der Waals surface area contributed by atoms with E-state index in [-0.39, 0.29) is 11.5 Å². The highest BCUT2D eigenvalue weighted by atomic mass is 32.2. The van der Waals surface area contributed by atoms with Gasteiger partial charge < -0.3 is 14.6 Å². The number of rotatable bonds is 4. The Labute approximate surface area is 185 Å². The van der Waals surface area contributed by atoms with Crippen LogP contribution in [0.25, 0.3) is 5.76 Å². The SMILES string of the molecule is Cc1c(C)c2c(c(C)c1O)CCC(C)(COC(=C1SC(=O)NC1=O)c1ccccc1)O2. The molecule has 0 saturated carbocycles. The first kappa shape index (κ1) is 21.3. The summed E-state index contributed by atoms with van der Waals surface area (Å²) in [6, 6.07) is 9.28. The fourth-order valence-electron chi connectivity index (χ4n) is 3.95. The van der Waals surface area contributed by atoms with Gasteiger partial charge >= 0.3 is 0 Å². The number of phenolic OH excluding ortho intramolecular Hbond substituents is 1. The highest BCUT2D eigenvalue weighted by Crippen LogP contribution is 2.44. The largest absolute Gasteiger partial charge is 0.507 e. The maximum absolute atomic E-state index is 12.3. The molecule has 4 rings (SSSR count). The zero-order valence-corrected chi connectivity index (χ0v) is 18.8. The van der Waals surface area contributed by atoms with Gasteiger partial charge in [0.25, 0.3) is 11.1 Å². The van der Waals surface area contributed by atoms with E-state index in [1.54, 1.807) is 0 Å². The molecule has 2 aromatic rings. The third kappa shape index (κ3) is 3.90. The van der Waals surface area contributed by atoms with Gasteiger partial charge in [0, 0.05) is 11.1 Å². The minimum Gasteiger partial charge on any atom is -0.507 e. The van der Waals surface area contributed by atoms with Crippen molar-refractivity contribution in [1.29, 1.82) is 0 Å². The van der Waals surface area contributed by atoms with Crippen molar-refractivity contribution in [2.24, 2.45) is 0 Å². The minimum absolute atomic E-state index is 0.209. The number of thioether (sulfide) groups is 1. The zero-order valence-electron chi connectivity index (χ0n) is 18.0. The number of carbonyl (C=O) groups is 2. The highest BCUT2D eigenvalue weighted by Gasteiger charge is 2.37. The number of phenols is 1. The lowest BCUT2D eigenvalue weighted by Crippen LogP contribution is -2.41. The monoisotopic (exact) mass is 439 g/mol. The Morgan fingerprint density at radius 1 is 1.16 bits per heavy atom. The van der Waals surface area contributed by atoms with Crippen LogP contribution in [0.3, 0.4) is 0 Å². The molecule has 0 aromatic heterocycles. The average molecular weight is 440 g/mol. The molecule has 0 aliphatic carbocycles. The van der Waals surface area contributed by atoms with E-state index in [0.717, 1.165) is 51.7 Å². The number of aromatic hydroxyl groups is 1. The van der Waals surface area contributed by atoms with Gasteiger partial charge in [0.05, 0.1) is 0 Å². The number of nitrogens with one attached hydrogen (secondary N) is 1. The topological polar surface area (TPSA) is 84.9 Å². The summed E-state index contributed by atoms with van der Waals surface area (Å²) in [6.07, 6.45) is 1.44. The molecular weight excluding hydrogens is 414 g/mol. The standard InChI is InChI=1S/C24H25NO5S/c1-13-14(2)19-17(15(3)18(13)26)10-11-24(4,30-19)12-29-20(16-8-6-5-7-9-16)21-22(27)25-23(28)31-21/h5-9,26H,10-12H2,1-4H3,(H,25,27,28).